The highest BCUT2D eigenvalue weighted by Gasteiger charge is 2.33. The molecule has 7 nitrogen and oxygen atoms in total. The van der Waals surface area contributed by atoms with Gasteiger partial charge in [0.2, 0.25) is 0 Å². The van der Waals surface area contributed by atoms with Crippen molar-refractivity contribution in [1.82, 2.24) is 14.1 Å². The van der Waals surface area contributed by atoms with Gasteiger partial charge in [-0.05, 0) is 42.0 Å². The van der Waals surface area contributed by atoms with E-state index in [1.54, 1.807) is 6.07 Å². The first kappa shape index (κ1) is 23.9. The Morgan fingerprint density at radius 3 is 2.56 bits per heavy atom. The Balaban J connectivity index is 1.62. The van der Waals surface area contributed by atoms with E-state index >= 15 is 0 Å². The van der Waals surface area contributed by atoms with Crippen molar-refractivity contribution in [3.05, 3.63) is 82.4 Å². The van der Waals surface area contributed by atoms with Crippen LogP contribution in [0.5, 0.6) is 0 Å². The molecule has 0 aliphatic heterocycles. The molecular formula is C21H14ClF3N4O3S2. The first-order valence-corrected chi connectivity index (χ1v) is 12.1. The number of aromatic nitrogens is 2. The van der Waals surface area contributed by atoms with Crippen LogP contribution in [0.15, 0.2) is 65.6 Å². The zero-order chi connectivity index (χ0) is 24.5. The van der Waals surface area contributed by atoms with Crippen LogP contribution in [-0.2, 0) is 22.7 Å². The molecule has 0 spiro atoms. The lowest BCUT2D eigenvalue weighted by Crippen LogP contribution is -2.26. The van der Waals surface area contributed by atoms with Crippen molar-refractivity contribution in [2.24, 2.45) is 0 Å². The van der Waals surface area contributed by atoms with Gasteiger partial charge in [0, 0.05) is 11.6 Å². The second-order valence-electron chi connectivity index (χ2n) is 7.02. The van der Waals surface area contributed by atoms with Crippen molar-refractivity contribution >= 4 is 56.0 Å². The number of alkyl halides is 3. The largest absolute Gasteiger partial charge is 0.416 e. The predicted molar refractivity (Wildman–Crippen MR) is 122 cm³/mol. The molecule has 0 radical (unpaired) electrons. The van der Waals surface area contributed by atoms with E-state index in [2.05, 4.69) is 18.8 Å². The molecule has 176 valence electrons. The number of anilines is 1. The number of sulfonamides is 1. The molecule has 34 heavy (non-hydrogen) atoms. The summed E-state index contributed by atoms with van der Waals surface area (Å²) >= 11 is 6.86. The van der Waals surface area contributed by atoms with E-state index in [1.165, 1.54) is 48.5 Å². The Bertz CT molecular complexity index is 1490. The van der Waals surface area contributed by atoms with E-state index in [9.17, 15) is 26.4 Å². The van der Waals surface area contributed by atoms with Crippen LogP contribution in [-0.4, -0.2) is 23.1 Å². The van der Waals surface area contributed by atoms with Crippen molar-refractivity contribution in [2.75, 3.05) is 4.72 Å². The molecule has 0 aliphatic carbocycles. The van der Waals surface area contributed by atoms with Crippen molar-refractivity contribution in [3.8, 4) is 0 Å². The third kappa shape index (κ3) is 4.98. The highest BCUT2D eigenvalue weighted by Crippen LogP contribution is 2.32. The molecule has 0 saturated carbocycles. The van der Waals surface area contributed by atoms with Gasteiger partial charge < -0.3 is 5.32 Å². The Morgan fingerprint density at radius 1 is 1.03 bits per heavy atom. The zero-order valence-corrected chi connectivity index (χ0v) is 19.3. The predicted octanol–water partition coefficient (Wildman–Crippen LogP) is 5.09. The van der Waals surface area contributed by atoms with Gasteiger partial charge in [0.1, 0.15) is 15.9 Å². The van der Waals surface area contributed by atoms with Gasteiger partial charge in [0.05, 0.1) is 28.5 Å². The maximum Gasteiger partial charge on any atom is 0.416 e. The molecule has 4 rings (SSSR count). The minimum absolute atomic E-state index is 0.124. The lowest BCUT2D eigenvalue weighted by atomic mass is 10.1. The highest BCUT2D eigenvalue weighted by atomic mass is 35.5. The number of halogens is 4. The molecule has 13 heteroatoms. The van der Waals surface area contributed by atoms with Crippen molar-refractivity contribution < 1.29 is 26.4 Å². The number of amides is 1. The number of benzene rings is 3. The smallest absolute Gasteiger partial charge is 0.348 e. The SMILES string of the molecule is O=C(NCc1ccccc1C(F)(F)F)c1ccc(Cl)cc1NS(=O)(=O)c1cccc2nsnc12. The monoisotopic (exact) mass is 526 g/mol. The van der Waals surface area contributed by atoms with E-state index in [4.69, 9.17) is 11.6 Å². The van der Waals surface area contributed by atoms with Crippen molar-refractivity contribution in [3.63, 3.8) is 0 Å². The van der Waals surface area contributed by atoms with Gasteiger partial charge in [-0.1, -0.05) is 35.9 Å². The number of fused-ring (bicyclic) bond motifs is 1. The maximum absolute atomic E-state index is 13.2. The number of hydrogen-bond acceptors (Lipinski definition) is 6. The summed E-state index contributed by atoms with van der Waals surface area (Å²) in [5, 5.41) is 2.54. The van der Waals surface area contributed by atoms with Crippen molar-refractivity contribution in [2.45, 2.75) is 17.6 Å². The lowest BCUT2D eigenvalue weighted by molar-refractivity contribution is -0.138. The number of hydrogen-bond donors (Lipinski definition) is 2. The topological polar surface area (TPSA) is 101 Å². The van der Waals surface area contributed by atoms with E-state index in [1.807, 2.05) is 0 Å². The van der Waals surface area contributed by atoms with Crippen LogP contribution in [0.3, 0.4) is 0 Å². The van der Waals surface area contributed by atoms with E-state index in [0.717, 1.165) is 17.8 Å². The third-order valence-corrected chi connectivity index (χ3v) is 6.95. The van der Waals surface area contributed by atoms with Gasteiger partial charge in [0.15, 0.2) is 0 Å². The van der Waals surface area contributed by atoms with Crippen LogP contribution in [0.2, 0.25) is 5.02 Å². The zero-order valence-electron chi connectivity index (χ0n) is 16.9. The Morgan fingerprint density at radius 2 is 1.79 bits per heavy atom. The van der Waals surface area contributed by atoms with E-state index < -0.39 is 34.2 Å². The maximum atomic E-state index is 13.2. The summed E-state index contributed by atoms with van der Waals surface area (Å²) in [5.74, 6) is -0.792. The van der Waals surface area contributed by atoms with Crippen LogP contribution >= 0.6 is 23.3 Å². The summed E-state index contributed by atoms with van der Waals surface area (Å²) in [5.41, 5.74) is -0.730. The average Bonchev–Trinajstić information content (AvgIpc) is 3.26. The third-order valence-electron chi connectivity index (χ3n) is 4.77. The standard InChI is InChI=1S/C21H14ClF3N4O3S2/c22-13-8-9-14(20(30)26-11-12-4-1-2-5-15(12)21(23,24)25)17(10-13)29-34(31,32)18-7-3-6-16-19(18)28-33-27-16/h1-10,29H,11H2,(H,26,30). The molecule has 0 saturated heterocycles. The summed E-state index contributed by atoms with van der Waals surface area (Å²) in [6.45, 7) is -0.423. The normalized spacial score (nSPS) is 12.0. The van der Waals surface area contributed by atoms with Crippen LogP contribution in [0.4, 0.5) is 18.9 Å². The fourth-order valence-corrected chi connectivity index (χ4v) is 5.23. The fraction of sp³-hybridized carbons (Fsp3) is 0.0952. The summed E-state index contributed by atoms with van der Waals surface area (Å²) in [6, 6.07) is 13.1. The highest BCUT2D eigenvalue weighted by molar-refractivity contribution is 7.93. The lowest BCUT2D eigenvalue weighted by Gasteiger charge is -2.15. The first-order valence-electron chi connectivity index (χ1n) is 9.53. The quantitative estimate of drug-likeness (QED) is 0.364. The van der Waals surface area contributed by atoms with Crippen LogP contribution < -0.4 is 10.0 Å². The number of carbonyl (C=O) groups excluding carboxylic acids is 1. The summed E-state index contributed by atoms with van der Waals surface area (Å²) in [4.78, 5) is 12.7. The van der Waals surface area contributed by atoms with E-state index in [0.29, 0.717) is 5.52 Å². The fourth-order valence-electron chi connectivity index (χ4n) is 3.22. The van der Waals surface area contributed by atoms with Gasteiger partial charge in [-0.15, -0.1) is 0 Å². The summed E-state index contributed by atoms with van der Waals surface area (Å²) < 4.78 is 76.1. The van der Waals surface area contributed by atoms with Gasteiger partial charge in [-0.25, -0.2) is 8.42 Å². The van der Waals surface area contributed by atoms with Crippen LogP contribution in [0.25, 0.3) is 11.0 Å². The Labute approximate surface area is 201 Å². The molecular weight excluding hydrogens is 513 g/mol. The van der Waals surface area contributed by atoms with Gasteiger partial charge in [0.25, 0.3) is 15.9 Å². The molecule has 4 aromatic rings. The average molecular weight is 527 g/mol. The second-order valence-corrected chi connectivity index (χ2v) is 9.64. The van der Waals surface area contributed by atoms with Gasteiger partial charge >= 0.3 is 6.18 Å². The molecule has 1 amide bonds. The van der Waals surface area contributed by atoms with E-state index in [-0.39, 0.29) is 32.2 Å². The minimum Gasteiger partial charge on any atom is -0.348 e. The molecule has 0 atom stereocenters. The number of nitrogens with one attached hydrogen (secondary N) is 2. The molecule has 0 aliphatic rings. The van der Waals surface area contributed by atoms with Crippen molar-refractivity contribution in [1.29, 1.82) is 0 Å². The second kappa shape index (κ2) is 9.20. The molecule has 1 aromatic heterocycles. The van der Waals surface area contributed by atoms with Crippen LogP contribution in [0.1, 0.15) is 21.5 Å². The number of rotatable bonds is 6. The van der Waals surface area contributed by atoms with Gasteiger partial charge in [-0.2, -0.15) is 21.9 Å². The first-order chi connectivity index (χ1) is 16.1. The van der Waals surface area contributed by atoms with Gasteiger partial charge in [-0.3, -0.25) is 9.52 Å². The molecule has 2 N–H and O–H groups in total. The van der Waals surface area contributed by atoms with Crippen LogP contribution in [0, 0.1) is 0 Å². The Hall–Kier alpha value is -3.22. The summed E-state index contributed by atoms with van der Waals surface area (Å²) in [6.07, 6.45) is -4.59. The number of carbonyl (C=O) groups is 1. The molecule has 0 fully saturated rings. The summed E-state index contributed by atoms with van der Waals surface area (Å²) in [7, 11) is -4.21. The molecule has 1 heterocycles. The Kier molecular flexibility index (Phi) is 6.47. The molecule has 0 unspecified atom stereocenters. The molecule has 3 aromatic carbocycles. The molecule has 0 bridgehead atoms. The number of nitrogens with zero attached hydrogens (tertiary/aromatic N) is 2. The minimum atomic E-state index is -4.59.